The lowest BCUT2D eigenvalue weighted by Crippen LogP contribution is -2.21. The average molecular weight is 875 g/mol. The number of hydrogen-bond donors (Lipinski definition) is 4. The standard InChI is InChI=1S/C60H90O4/c1-53(2,3)41-27-35(28-42(49(41)61)54(4,5)6)39(36-29-43(55(7,8)9)50(62)44(30-36)56(10,11)12)25-26-40(37-31-45(57(13,14)15)51(63)46(32-37)58(16,17)18)38-33-47(59(19,20)21)52(64)48(34-38)60(22,23)24/h27-34,39-40,61-64H,25-26H2,1-24H3. The smallest absolute Gasteiger partial charge is 0.123 e. The zero-order valence-corrected chi connectivity index (χ0v) is 45.0. The van der Waals surface area contributed by atoms with E-state index in [-0.39, 0.29) is 55.2 Å². The Balaban J connectivity index is 2.25. The number of benzene rings is 4. The van der Waals surface area contributed by atoms with Crippen molar-refractivity contribution in [2.75, 3.05) is 0 Å². The number of aromatic hydroxyl groups is 4. The van der Waals surface area contributed by atoms with Crippen molar-refractivity contribution < 1.29 is 20.4 Å². The van der Waals surface area contributed by atoms with Crippen LogP contribution in [0.25, 0.3) is 0 Å². The molecule has 0 atom stereocenters. The molecule has 4 aromatic carbocycles. The third kappa shape index (κ3) is 11.4. The minimum Gasteiger partial charge on any atom is -0.507 e. The molecule has 4 N–H and O–H groups in total. The summed E-state index contributed by atoms with van der Waals surface area (Å²) in [5.41, 5.74) is 9.36. The molecule has 0 radical (unpaired) electrons. The van der Waals surface area contributed by atoms with Crippen LogP contribution in [-0.2, 0) is 43.3 Å². The molecule has 0 spiro atoms. The van der Waals surface area contributed by atoms with Crippen LogP contribution in [0.3, 0.4) is 0 Å². The lowest BCUT2D eigenvalue weighted by Gasteiger charge is -2.34. The van der Waals surface area contributed by atoms with Gasteiger partial charge >= 0.3 is 0 Å². The van der Waals surface area contributed by atoms with E-state index in [4.69, 9.17) is 0 Å². The van der Waals surface area contributed by atoms with Gasteiger partial charge in [-0.25, -0.2) is 0 Å². The first-order valence-electron chi connectivity index (χ1n) is 24.0. The topological polar surface area (TPSA) is 80.9 Å². The highest BCUT2D eigenvalue weighted by molar-refractivity contribution is 5.58. The van der Waals surface area contributed by atoms with Crippen molar-refractivity contribution in [2.24, 2.45) is 0 Å². The van der Waals surface area contributed by atoms with Crippen LogP contribution < -0.4 is 0 Å². The van der Waals surface area contributed by atoms with Gasteiger partial charge in [-0.15, -0.1) is 0 Å². The maximum absolute atomic E-state index is 12.0. The summed E-state index contributed by atoms with van der Waals surface area (Å²) < 4.78 is 0. The minimum absolute atomic E-state index is 0.115. The molecule has 0 saturated carbocycles. The van der Waals surface area contributed by atoms with Gasteiger partial charge in [-0.3, -0.25) is 0 Å². The Morgan fingerprint density at radius 1 is 0.250 bits per heavy atom. The predicted molar refractivity (Wildman–Crippen MR) is 275 cm³/mol. The second-order valence-electron chi connectivity index (χ2n) is 27.5. The molecule has 0 fully saturated rings. The van der Waals surface area contributed by atoms with Gasteiger partial charge in [0.15, 0.2) is 0 Å². The van der Waals surface area contributed by atoms with Crippen molar-refractivity contribution in [3.63, 3.8) is 0 Å². The van der Waals surface area contributed by atoms with Crippen LogP contribution in [-0.4, -0.2) is 20.4 Å². The van der Waals surface area contributed by atoms with E-state index in [2.05, 4.69) is 215 Å². The Bertz CT molecular complexity index is 1860. The molecule has 0 bridgehead atoms. The van der Waals surface area contributed by atoms with Gasteiger partial charge in [0.05, 0.1) is 0 Å². The molecular weight excluding hydrogens is 785 g/mol. The molecule has 4 rings (SSSR count). The maximum Gasteiger partial charge on any atom is 0.123 e. The van der Waals surface area contributed by atoms with Crippen molar-refractivity contribution in [2.45, 2.75) is 234 Å². The van der Waals surface area contributed by atoms with Crippen molar-refractivity contribution in [1.82, 2.24) is 0 Å². The number of rotatable bonds is 7. The molecule has 4 aromatic rings. The number of phenols is 4. The first kappa shape index (κ1) is 52.7. The van der Waals surface area contributed by atoms with E-state index in [1.807, 2.05) is 0 Å². The van der Waals surface area contributed by atoms with Crippen LogP contribution in [0.4, 0.5) is 0 Å². The van der Waals surface area contributed by atoms with Crippen molar-refractivity contribution >= 4 is 0 Å². The molecule has 0 aliphatic rings. The van der Waals surface area contributed by atoms with Gasteiger partial charge in [-0.1, -0.05) is 215 Å². The SMILES string of the molecule is CC(C)(C)c1cc(C(CCC(c2cc(C(C)(C)C)c(O)c(C(C)(C)C)c2)c2cc(C(C)(C)C)c(O)c(C(C)(C)C)c2)c2cc(C(C)(C)C)c(O)c(C(C)(C)C)c2)cc(C(C)(C)C)c1O. The van der Waals surface area contributed by atoms with Gasteiger partial charge < -0.3 is 20.4 Å². The summed E-state index contributed by atoms with van der Waals surface area (Å²) in [7, 11) is 0. The Labute approximate surface area is 391 Å². The van der Waals surface area contributed by atoms with Crippen LogP contribution in [0.15, 0.2) is 48.5 Å². The van der Waals surface area contributed by atoms with Gasteiger partial charge in [-0.05, 0) is 123 Å². The van der Waals surface area contributed by atoms with Gasteiger partial charge in [-0.2, -0.15) is 0 Å². The highest BCUT2D eigenvalue weighted by Crippen LogP contribution is 2.50. The normalized spacial score (nSPS) is 14.0. The molecule has 0 amide bonds. The van der Waals surface area contributed by atoms with Crippen LogP contribution in [0.2, 0.25) is 0 Å². The first-order chi connectivity index (χ1) is 28.5. The van der Waals surface area contributed by atoms with Crippen LogP contribution in [0.1, 0.15) is 258 Å². The number of phenolic OH excluding ortho intramolecular Hbond substituents is 4. The molecular formula is C60H90O4. The summed E-state index contributed by atoms with van der Waals surface area (Å²) in [5, 5.41) is 48.1. The summed E-state index contributed by atoms with van der Waals surface area (Å²) in [4.78, 5) is 0. The molecule has 64 heavy (non-hydrogen) atoms. The lowest BCUT2D eigenvalue weighted by molar-refractivity contribution is 0.418. The van der Waals surface area contributed by atoms with E-state index in [0.29, 0.717) is 23.0 Å². The maximum atomic E-state index is 12.0. The van der Waals surface area contributed by atoms with Crippen LogP contribution >= 0.6 is 0 Å². The van der Waals surface area contributed by atoms with Gasteiger partial charge in [0.2, 0.25) is 0 Å². The number of hydrogen-bond acceptors (Lipinski definition) is 4. The molecule has 0 aliphatic heterocycles. The van der Waals surface area contributed by atoms with E-state index in [9.17, 15) is 20.4 Å². The Hall–Kier alpha value is -3.92. The second kappa shape index (κ2) is 17.1. The first-order valence-corrected chi connectivity index (χ1v) is 24.0. The Morgan fingerprint density at radius 2 is 0.359 bits per heavy atom. The summed E-state index contributed by atoms with van der Waals surface area (Å²) in [5.74, 6) is 1.21. The van der Waals surface area contributed by atoms with Gasteiger partial charge in [0, 0.05) is 11.8 Å². The zero-order valence-electron chi connectivity index (χ0n) is 45.0. The molecule has 4 nitrogen and oxygen atoms in total. The summed E-state index contributed by atoms with van der Waals surface area (Å²) in [6.07, 6.45) is 1.49. The van der Waals surface area contributed by atoms with Crippen LogP contribution in [0, 0.1) is 0 Å². The van der Waals surface area contributed by atoms with Gasteiger partial charge in [0.25, 0.3) is 0 Å². The fourth-order valence-electron chi connectivity index (χ4n) is 9.39. The summed E-state index contributed by atoms with van der Waals surface area (Å²) in [6, 6.07) is 18.0. The van der Waals surface area contributed by atoms with Crippen LogP contribution in [0.5, 0.6) is 23.0 Å². The molecule has 0 unspecified atom stereocenters. The highest BCUT2D eigenvalue weighted by Gasteiger charge is 2.35. The zero-order chi connectivity index (χ0) is 49.5. The van der Waals surface area contributed by atoms with Crippen molar-refractivity contribution in [3.8, 4) is 23.0 Å². The Kier molecular flexibility index (Phi) is 14.0. The lowest BCUT2D eigenvalue weighted by atomic mass is 9.71. The van der Waals surface area contributed by atoms with Gasteiger partial charge in [0.1, 0.15) is 23.0 Å². The fraction of sp³-hybridized carbons (Fsp3) is 0.600. The summed E-state index contributed by atoms with van der Waals surface area (Å²) in [6.45, 7) is 52.2. The third-order valence-corrected chi connectivity index (χ3v) is 13.3. The van der Waals surface area contributed by atoms with Crippen molar-refractivity contribution in [3.05, 3.63) is 115 Å². The second-order valence-corrected chi connectivity index (χ2v) is 27.5. The molecule has 0 heterocycles. The Morgan fingerprint density at radius 3 is 0.453 bits per heavy atom. The quantitative estimate of drug-likeness (QED) is 0.149. The van der Waals surface area contributed by atoms with E-state index >= 15 is 0 Å². The van der Waals surface area contributed by atoms with E-state index < -0.39 is 0 Å². The average Bonchev–Trinajstić information content (AvgIpc) is 3.07. The third-order valence-electron chi connectivity index (χ3n) is 13.3. The largest absolute Gasteiger partial charge is 0.507 e. The fourth-order valence-corrected chi connectivity index (χ4v) is 9.39. The van der Waals surface area contributed by atoms with E-state index in [1.54, 1.807) is 0 Å². The predicted octanol–water partition coefficient (Wildman–Crippen LogP) is 16.6. The molecule has 0 aliphatic carbocycles. The minimum atomic E-state index is -0.327. The highest BCUT2D eigenvalue weighted by atomic mass is 16.3. The molecule has 4 heteroatoms. The summed E-state index contributed by atoms with van der Waals surface area (Å²) >= 11 is 0. The molecule has 0 aromatic heterocycles. The monoisotopic (exact) mass is 875 g/mol. The van der Waals surface area contributed by atoms with E-state index in [1.165, 1.54) is 0 Å². The molecule has 0 saturated heterocycles. The molecule has 354 valence electrons. The van der Waals surface area contributed by atoms with E-state index in [0.717, 1.165) is 79.6 Å². The van der Waals surface area contributed by atoms with Crippen molar-refractivity contribution in [1.29, 1.82) is 0 Å².